The van der Waals surface area contributed by atoms with Crippen LogP contribution in [0.1, 0.15) is 57.4 Å². The maximum Gasteiger partial charge on any atom is 0.269 e. The highest BCUT2D eigenvalue weighted by molar-refractivity contribution is 6.35. The molecule has 1 aliphatic heterocycles. The van der Waals surface area contributed by atoms with E-state index in [9.17, 15) is 24.5 Å². The molecule has 1 heterocycles. The molecule has 0 spiro atoms. The SMILES string of the molecule is Cc1cc([N+](=O)[O-])ccc1N1C(=O)c2ccc(C(=O)NC(C)(C)C)cc2C1=O. The number of benzene rings is 2. The molecule has 0 unspecified atom stereocenters. The van der Waals surface area contributed by atoms with E-state index in [0.29, 0.717) is 5.56 Å². The molecule has 3 amide bonds. The molecule has 1 aliphatic rings. The van der Waals surface area contributed by atoms with Crippen molar-refractivity contribution in [2.24, 2.45) is 0 Å². The Bertz CT molecular complexity index is 1040. The Labute approximate surface area is 161 Å². The summed E-state index contributed by atoms with van der Waals surface area (Å²) in [6.07, 6.45) is 0. The van der Waals surface area contributed by atoms with Crippen LogP contribution >= 0.6 is 0 Å². The van der Waals surface area contributed by atoms with Crippen LogP contribution in [0.5, 0.6) is 0 Å². The summed E-state index contributed by atoms with van der Waals surface area (Å²) >= 11 is 0. The number of carbonyl (C=O) groups excluding carboxylic acids is 3. The predicted octanol–water partition coefficient (Wildman–Crippen LogP) is 3.23. The molecule has 2 aromatic rings. The molecule has 1 N–H and O–H groups in total. The fraction of sp³-hybridized carbons (Fsp3) is 0.250. The summed E-state index contributed by atoms with van der Waals surface area (Å²) in [4.78, 5) is 49.4. The van der Waals surface area contributed by atoms with E-state index in [1.165, 1.54) is 36.4 Å². The minimum atomic E-state index is -0.567. The number of nitrogens with one attached hydrogen (secondary N) is 1. The first-order valence-corrected chi connectivity index (χ1v) is 8.60. The Morgan fingerprint density at radius 3 is 2.25 bits per heavy atom. The smallest absolute Gasteiger partial charge is 0.269 e. The third-order valence-electron chi connectivity index (χ3n) is 4.27. The Kier molecular flexibility index (Phi) is 4.50. The molecule has 0 saturated carbocycles. The standard InChI is InChI=1S/C20H19N3O5/c1-11-9-13(23(27)28)6-8-16(11)22-18(25)14-7-5-12(10-15(14)19(22)26)17(24)21-20(2,3)4/h5-10H,1-4H3,(H,21,24). The van der Waals surface area contributed by atoms with Gasteiger partial charge in [0.2, 0.25) is 0 Å². The number of carbonyl (C=O) groups is 3. The van der Waals surface area contributed by atoms with Gasteiger partial charge in [-0.15, -0.1) is 0 Å². The van der Waals surface area contributed by atoms with Crippen LogP contribution < -0.4 is 10.2 Å². The molecule has 0 bridgehead atoms. The molecule has 8 nitrogen and oxygen atoms in total. The van der Waals surface area contributed by atoms with Gasteiger partial charge in [0.05, 0.1) is 21.7 Å². The largest absolute Gasteiger partial charge is 0.347 e. The zero-order chi connectivity index (χ0) is 20.8. The number of hydrogen-bond acceptors (Lipinski definition) is 5. The zero-order valence-corrected chi connectivity index (χ0v) is 15.9. The third kappa shape index (κ3) is 3.36. The van der Waals surface area contributed by atoms with Crippen molar-refractivity contribution in [2.45, 2.75) is 33.2 Å². The van der Waals surface area contributed by atoms with E-state index in [0.717, 1.165) is 4.90 Å². The molecule has 0 radical (unpaired) electrons. The van der Waals surface area contributed by atoms with Crippen LogP contribution in [0.25, 0.3) is 0 Å². The first-order chi connectivity index (χ1) is 13.0. The molecule has 28 heavy (non-hydrogen) atoms. The van der Waals surface area contributed by atoms with Crippen molar-refractivity contribution in [3.63, 3.8) is 0 Å². The number of hydrogen-bond donors (Lipinski definition) is 1. The Morgan fingerprint density at radius 1 is 1.04 bits per heavy atom. The van der Waals surface area contributed by atoms with Gasteiger partial charge in [0.15, 0.2) is 0 Å². The zero-order valence-electron chi connectivity index (χ0n) is 15.9. The quantitative estimate of drug-likeness (QED) is 0.499. The Morgan fingerprint density at radius 2 is 1.68 bits per heavy atom. The maximum atomic E-state index is 12.9. The third-order valence-corrected chi connectivity index (χ3v) is 4.27. The van der Waals surface area contributed by atoms with Crippen LogP contribution in [0.15, 0.2) is 36.4 Å². The van der Waals surface area contributed by atoms with E-state index in [-0.39, 0.29) is 34.0 Å². The number of non-ortho nitro benzene ring substituents is 1. The van der Waals surface area contributed by atoms with E-state index in [2.05, 4.69) is 5.32 Å². The number of amides is 3. The fourth-order valence-corrected chi connectivity index (χ4v) is 3.02. The highest BCUT2D eigenvalue weighted by atomic mass is 16.6. The number of imide groups is 1. The number of aryl methyl sites for hydroxylation is 1. The number of nitro benzene ring substituents is 1. The number of nitro groups is 1. The molecule has 2 aromatic carbocycles. The molecule has 144 valence electrons. The molecular weight excluding hydrogens is 362 g/mol. The van der Waals surface area contributed by atoms with Crippen molar-refractivity contribution in [1.82, 2.24) is 5.32 Å². The van der Waals surface area contributed by atoms with Crippen LogP contribution in [-0.4, -0.2) is 28.2 Å². The van der Waals surface area contributed by atoms with Gasteiger partial charge in [-0.25, -0.2) is 4.90 Å². The maximum absolute atomic E-state index is 12.9. The predicted molar refractivity (Wildman–Crippen MR) is 103 cm³/mol. The average Bonchev–Trinajstić information content (AvgIpc) is 2.84. The first kappa shape index (κ1) is 19.2. The van der Waals surface area contributed by atoms with Gasteiger partial charge in [-0.3, -0.25) is 24.5 Å². The van der Waals surface area contributed by atoms with Crippen LogP contribution in [0.2, 0.25) is 0 Å². The van der Waals surface area contributed by atoms with Crippen molar-refractivity contribution in [1.29, 1.82) is 0 Å². The molecule has 0 aliphatic carbocycles. The van der Waals surface area contributed by atoms with Crippen LogP contribution in [-0.2, 0) is 0 Å². The number of nitrogens with zero attached hydrogens (tertiary/aromatic N) is 2. The van der Waals surface area contributed by atoms with Crippen molar-refractivity contribution < 1.29 is 19.3 Å². The van der Waals surface area contributed by atoms with Gasteiger partial charge >= 0.3 is 0 Å². The van der Waals surface area contributed by atoms with Crippen LogP contribution in [0.3, 0.4) is 0 Å². The van der Waals surface area contributed by atoms with Crippen molar-refractivity contribution in [3.05, 3.63) is 68.8 Å². The summed E-state index contributed by atoms with van der Waals surface area (Å²) in [6, 6.07) is 8.28. The van der Waals surface area contributed by atoms with E-state index in [1.807, 2.05) is 20.8 Å². The van der Waals surface area contributed by atoms with Gasteiger partial charge in [-0.2, -0.15) is 0 Å². The fourth-order valence-electron chi connectivity index (χ4n) is 3.02. The highest BCUT2D eigenvalue weighted by Gasteiger charge is 2.38. The second-order valence-corrected chi connectivity index (χ2v) is 7.64. The summed E-state index contributed by atoms with van der Waals surface area (Å²) in [5.74, 6) is -1.44. The molecule has 3 rings (SSSR count). The van der Waals surface area contributed by atoms with Crippen LogP contribution in [0, 0.1) is 17.0 Å². The Balaban J connectivity index is 1.98. The van der Waals surface area contributed by atoms with Gasteiger partial charge in [-0.05, 0) is 57.5 Å². The first-order valence-electron chi connectivity index (χ1n) is 8.60. The van der Waals surface area contributed by atoms with Crippen molar-refractivity contribution in [3.8, 4) is 0 Å². The second-order valence-electron chi connectivity index (χ2n) is 7.64. The highest BCUT2D eigenvalue weighted by Crippen LogP contribution is 2.32. The minimum absolute atomic E-state index is 0.126. The number of rotatable bonds is 3. The molecule has 8 heteroatoms. The molecule has 0 atom stereocenters. The molecule has 0 saturated heterocycles. The molecular formula is C20H19N3O5. The van der Waals surface area contributed by atoms with Crippen molar-refractivity contribution >= 4 is 29.1 Å². The van der Waals surface area contributed by atoms with Crippen molar-refractivity contribution in [2.75, 3.05) is 4.90 Å². The van der Waals surface area contributed by atoms with E-state index in [1.54, 1.807) is 6.92 Å². The average molecular weight is 381 g/mol. The summed E-state index contributed by atoms with van der Waals surface area (Å²) < 4.78 is 0. The lowest BCUT2D eigenvalue weighted by molar-refractivity contribution is -0.384. The normalized spacial score (nSPS) is 13.5. The summed E-state index contributed by atoms with van der Waals surface area (Å²) in [7, 11) is 0. The van der Waals surface area contributed by atoms with Gasteiger partial charge in [0, 0.05) is 23.2 Å². The van der Waals surface area contributed by atoms with E-state index in [4.69, 9.17) is 0 Å². The van der Waals surface area contributed by atoms with Gasteiger partial charge in [0.25, 0.3) is 23.4 Å². The van der Waals surface area contributed by atoms with E-state index < -0.39 is 22.3 Å². The summed E-state index contributed by atoms with van der Waals surface area (Å²) in [6.45, 7) is 7.11. The van der Waals surface area contributed by atoms with Gasteiger partial charge in [-0.1, -0.05) is 0 Å². The minimum Gasteiger partial charge on any atom is -0.347 e. The molecule has 0 aromatic heterocycles. The second kappa shape index (κ2) is 6.56. The lowest BCUT2D eigenvalue weighted by atomic mass is 10.0. The lowest BCUT2D eigenvalue weighted by Gasteiger charge is -2.20. The van der Waals surface area contributed by atoms with Gasteiger partial charge < -0.3 is 5.32 Å². The van der Waals surface area contributed by atoms with E-state index >= 15 is 0 Å². The monoisotopic (exact) mass is 381 g/mol. The summed E-state index contributed by atoms with van der Waals surface area (Å²) in [5.41, 5.74) is 0.722. The number of fused-ring (bicyclic) bond motifs is 1. The summed E-state index contributed by atoms with van der Waals surface area (Å²) in [5, 5.41) is 13.7. The van der Waals surface area contributed by atoms with Crippen LogP contribution in [0.4, 0.5) is 11.4 Å². The lowest BCUT2D eigenvalue weighted by Crippen LogP contribution is -2.40. The topological polar surface area (TPSA) is 110 Å². The number of anilines is 1. The molecule has 0 fully saturated rings. The Hall–Kier alpha value is -3.55. The van der Waals surface area contributed by atoms with Gasteiger partial charge in [0.1, 0.15) is 0 Å².